The fourth-order valence-electron chi connectivity index (χ4n) is 3.17. The molecule has 0 spiro atoms. The molecule has 0 bridgehead atoms. The molecule has 1 heterocycles. The molecule has 0 radical (unpaired) electrons. The van der Waals surface area contributed by atoms with Crippen molar-refractivity contribution in [3.63, 3.8) is 0 Å². The lowest BCUT2D eigenvalue weighted by Crippen LogP contribution is -2.31. The van der Waals surface area contributed by atoms with Crippen molar-refractivity contribution < 1.29 is 17.9 Å². The van der Waals surface area contributed by atoms with Crippen LogP contribution in [-0.4, -0.2) is 38.8 Å². The Labute approximate surface area is 171 Å². The number of methoxy groups -OCH3 is 1. The molecule has 0 saturated carbocycles. The topological polar surface area (TPSA) is 75.7 Å². The van der Waals surface area contributed by atoms with Gasteiger partial charge >= 0.3 is 0 Å². The number of hydrogen-bond acceptors (Lipinski definition) is 5. The summed E-state index contributed by atoms with van der Waals surface area (Å²) in [5, 5.41) is 2.96. The van der Waals surface area contributed by atoms with E-state index in [1.54, 1.807) is 25.2 Å². The van der Waals surface area contributed by atoms with Gasteiger partial charge in [-0.25, -0.2) is 8.42 Å². The van der Waals surface area contributed by atoms with Crippen molar-refractivity contribution in [2.75, 3.05) is 20.2 Å². The smallest absolute Gasteiger partial charge is 0.255 e. The van der Waals surface area contributed by atoms with Crippen molar-refractivity contribution in [2.24, 2.45) is 0 Å². The van der Waals surface area contributed by atoms with Crippen LogP contribution in [0.25, 0.3) is 0 Å². The lowest BCUT2D eigenvalue weighted by Gasteiger charge is -2.20. The number of rotatable bonds is 8. The van der Waals surface area contributed by atoms with Crippen LogP contribution in [0.15, 0.2) is 29.2 Å². The molecule has 1 amide bonds. The van der Waals surface area contributed by atoms with E-state index in [0.29, 0.717) is 18.8 Å². The van der Waals surface area contributed by atoms with Gasteiger partial charge in [0.1, 0.15) is 5.75 Å². The van der Waals surface area contributed by atoms with E-state index in [4.69, 9.17) is 4.74 Å². The third-order valence-electron chi connectivity index (χ3n) is 4.65. The van der Waals surface area contributed by atoms with E-state index in [2.05, 4.69) is 11.4 Å². The zero-order valence-corrected chi connectivity index (χ0v) is 18.8. The first kappa shape index (κ1) is 22.4. The quantitative estimate of drug-likeness (QED) is 0.697. The molecule has 2 rings (SSSR count). The second-order valence-electron chi connectivity index (χ2n) is 6.52. The number of amides is 1. The molecule has 1 N–H and O–H groups in total. The maximum atomic E-state index is 12.9. The van der Waals surface area contributed by atoms with Gasteiger partial charge in [0.25, 0.3) is 5.91 Å². The predicted molar refractivity (Wildman–Crippen MR) is 113 cm³/mol. The molecule has 154 valence electrons. The molecule has 1 aromatic carbocycles. The van der Waals surface area contributed by atoms with E-state index in [1.165, 1.54) is 34.5 Å². The fraction of sp³-hybridized carbons (Fsp3) is 0.450. The summed E-state index contributed by atoms with van der Waals surface area (Å²) < 4.78 is 32.3. The van der Waals surface area contributed by atoms with Crippen molar-refractivity contribution in [1.29, 1.82) is 0 Å². The van der Waals surface area contributed by atoms with E-state index in [1.807, 2.05) is 20.8 Å². The van der Waals surface area contributed by atoms with Gasteiger partial charge in [0.2, 0.25) is 10.0 Å². The number of benzene rings is 1. The highest BCUT2D eigenvalue weighted by atomic mass is 32.2. The van der Waals surface area contributed by atoms with Crippen LogP contribution in [0.5, 0.6) is 5.75 Å². The van der Waals surface area contributed by atoms with Crippen LogP contribution in [0, 0.1) is 13.8 Å². The number of nitrogens with zero attached hydrogens (tertiary/aromatic N) is 1. The highest BCUT2D eigenvalue weighted by molar-refractivity contribution is 7.89. The summed E-state index contributed by atoms with van der Waals surface area (Å²) in [4.78, 5) is 15.3. The standard InChI is InChI=1S/C20H28N2O4S2/c1-7-22(8-2)28(24,25)16-9-10-19(26-6)18(12-16)20(23)21-14(4)17-11-13(3)27-15(17)5/h9-12,14H,7-8H2,1-6H3,(H,21,23). The Balaban J connectivity index is 2.38. The van der Waals surface area contributed by atoms with Crippen LogP contribution in [0.4, 0.5) is 0 Å². The molecule has 8 heteroatoms. The summed E-state index contributed by atoms with van der Waals surface area (Å²) >= 11 is 1.68. The summed E-state index contributed by atoms with van der Waals surface area (Å²) in [5.74, 6) is -0.0365. The van der Waals surface area contributed by atoms with Gasteiger partial charge in [0.15, 0.2) is 0 Å². The first-order valence-electron chi connectivity index (χ1n) is 9.21. The summed E-state index contributed by atoms with van der Waals surface area (Å²) in [6.45, 7) is 10.2. The third-order valence-corrected chi connectivity index (χ3v) is 7.68. The van der Waals surface area contributed by atoms with Crippen molar-refractivity contribution in [3.05, 3.63) is 45.1 Å². The Morgan fingerprint density at radius 1 is 1.21 bits per heavy atom. The lowest BCUT2D eigenvalue weighted by atomic mass is 10.1. The van der Waals surface area contributed by atoms with Crippen molar-refractivity contribution in [2.45, 2.75) is 45.6 Å². The number of thiophene rings is 1. The molecule has 1 atom stereocenters. The van der Waals surface area contributed by atoms with Gasteiger partial charge in [-0.1, -0.05) is 13.8 Å². The van der Waals surface area contributed by atoms with Crippen molar-refractivity contribution >= 4 is 27.3 Å². The highest BCUT2D eigenvalue weighted by Gasteiger charge is 2.25. The fourth-order valence-corrected chi connectivity index (χ4v) is 5.68. The van der Waals surface area contributed by atoms with E-state index in [9.17, 15) is 13.2 Å². The minimum absolute atomic E-state index is 0.0809. The van der Waals surface area contributed by atoms with Crippen LogP contribution >= 0.6 is 11.3 Å². The number of sulfonamides is 1. The van der Waals surface area contributed by atoms with Gasteiger partial charge in [0, 0.05) is 22.8 Å². The second kappa shape index (κ2) is 9.07. The first-order valence-corrected chi connectivity index (χ1v) is 11.5. The van der Waals surface area contributed by atoms with Crippen LogP contribution < -0.4 is 10.1 Å². The van der Waals surface area contributed by atoms with E-state index in [0.717, 1.165) is 10.4 Å². The summed E-state index contributed by atoms with van der Waals surface area (Å²) in [6, 6.07) is 6.24. The molecule has 0 saturated heterocycles. The molecule has 1 unspecified atom stereocenters. The molecule has 0 aliphatic heterocycles. The van der Waals surface area contributed by atoms with Crippen LogP contribution in [0.1, 0.15) is 52.5 Å². The molecule has 1 aromatic heterocycles. The minimum Gasteiger partial charge on any atom is -0.496 e. The van der Waals surface area contributed by atoms with Gasteiger partial charge in [-0.2, -0.15) is 4.31 Å². The predicted octanol–water partition coefficient (Wildman–Crippen LogP) is 3.90. The van der Waals surface area contributed by atoms with Gasteiger partial charge in [-0.3, -0.25) is 4.79 Å². The monoisotopic (exact) mass is 424 g/mol. The van der Waals surface area contributed by atoms with Crippen LogP contribution in [0.3, 0.4) is 0 Å². The molecule has 28 heavy (non-hydrogen) atoms. The Kier molecular flexibility index (Phi) is 7.25. The normalized spacial score (nSPS) is 12.8. The first-order chi connectivity index (χ1) is 13.1. The Hall–Kier alpha value is -1.90. The Morgan fingerprint density at radius 2 is 1.86 bits per heavy atom. The van der Waals surface area contributed by atoms with Crippen molar-refractivity contribution in [3.8, 4) is 5.75 Å². The van der Waals surface area contributed by atoms with E-state index < -0.39 is 10.0 Å². The summed E-state index contributed by atoms with van der Waals surface area (Å²) in [7, 11) is -2.21. The molecular formula is C20H28N2O4S2. The third kappa shape index (κ3) is 4.56. The maximum Gasteiger partial charge on any atom is 0.255 e. The van der Waals surface area contributed by atoms with Crippen LogP contribution in [0.2, 0.25) is 0 Å². The van der Waals surface area contributed by atoms with Crippen LogP contribution in [-0.2, 0) is 10.0 Å². The number of aryl methyl sites for hydroxylation is 2. The summed E-state index contributed by atoms with van der Waals surface area (Å²) in [6.07, 6.45) is 0. The van der Waals surface area contributed by atoms with Gasteiger partial charge in [-0.15, -0.1) is 11.3 Å². The molecule has 6 nitrogen and oxygen atoms in total. The number of carbonyl (C=O) groups is 1. The average molecular weight is 425 g/mol. The minimum atomic E-state index is -3.67. The summed E-state index contributed by atoms with van der Waals surface area (Å²) in [5.41, 5.74) is 1.26. The van der Waals surface area contributed by atoms with Gasteiger partial charge in [-0.05, 0) is 50.6 Å². The van der Waals surface area contributed by atoms with Gasteiger partial charge in [0.05, 0.1) is 23.6 Å². The van der Waals surface area contributed by atoms with E-state index in [-0.39, 0.29) is 22.4 Å². The molecule has 0 aliphatic rings. The highest BCUT2D eigenvalue weighted by Crippen LogP contribution is 2.28. The molecule has 2 aromatic rings. The number of ether oxygens (including phenoxy) is 1. The molecule has 0 fully saturated rings. The largest absolute Gasteiger partial charge is 0.496 e. The zero-order chi connectivity index (χ0) is 21.1. The van der Waals surface area contributed by atoms with Crippen molar-refractivity contribution in [1.82, 2.24) is 9.62 Å². The number of hydrogen-bond donors (Lipinski definition) is 1. The SMILES string of the molecule is CCN(CC)S(=O)(=O)c1ccc(OC)c(C(=O)NC(C)c2cc(C)sc2C)c1. The zero-order valence-electron chi connectivity index (χ0n) is 17.2. The Morgan fingerprint density at radius 3 is 2.36 bits per heavy atom. The maximum absolute atomic E-state index is 12.9. The van der Waals surface area contributed by atoms with Gasteiger partial charge < -0.3 is 10.1 Å². The second-order valence-corrected chi connectivity index (χ2v) is 9.91. The number of carbonyl (C=O) groups excluding carboxylic acids is 1. The lowest BCUT2D eigenvalue weighted by molar-refractivity contribution is 0.0936. The van der Waals surface area contributed by atoms with E-state index >= 15 is 0 Å². The number of nitrogens with one attached hydrogen (secondary N) is 1. The molecule has 0 aliphatic carbocycles. The molecular weight excluding hydrogens is 396 g/mol. The average Bonchev–Trinajstić information content (AvgIpc) is 3.00. The Bertz CT molecular complexity index is 947.